The van der Waals surface area contributed by atoms with Crippen molar-refractivity contribution in [2.45, 2.75) is 0 Å². The lowest BCUT2D eigenvalue weighted by Crippen LogP contribution is -2.21. The van der Waals surface area contributed by atoms with E-state index in [0.29, 0.717) is 17.6 Å². The van der Waals surface area contributed by atoms with Crippen LogP contribution in [-0.4, -0.2) is 18.8 Å². The molecule has 4 nitrogen and oxygen atoms in total. The van der Waals surface area contributed by atoms with Crippen molar-refractivity contribution in [2.24, 2.45) is 0 Å². The molecule has 0 aliphatic heterocycles. The van der Waals surface area contributed by atoms with Gasteiger partial charge >= 0.3 is 0 Å². The van der Waals surface area contributed by atoms with Crippen LogP contribution in [0.1, 0.15) is 10.4 Å². The first-order valence-corrected chi connectivity index (χ1v) is 6.40. The quantitative estimate of drug-likeness (QED) is 0.862. The summed E-state index contributed by atoms with van der Waals surface area (Å²) >= 11 is 5.62. The predicted molar refractivity (Wildman–Crippen MR) is 77.4 cm³/mol. The third kappa shape index (κ3) is 4.03. The summed E-state index contributed by atoms with van der Waals surface area (Å²) in [6, 6.07) is 10.4. The summed E-state index contributed by atoms with van der Waals surface area (Å²) < 4.78 is 18.7. The van der Waals surface area contributed by atoms with Gasteiger partial charge in [-0.3, -0.25) is 9.59 Å². The van der Waals surface area contributed by atoms with E-state index in [9.17, 15) is 14.0 Å². The van der Waals surface area contributed by atoms with E-state index < -0.39 is 11.7 Å². The van der Waals surface area contributed by atoms with Crippen LogP contribution in [0.25, 0.3) is 0 Å². The Morgan fingerprint density at radius 1 is 1.29 bits per heavy atom. The Kier molecular flexibility index (Phi) is 4.90. The van der Waals surface area contributed by atoms with Crippen molar-refractivity contribution < 1.29 is 18.7 Å². The van der Waals surface area contributed by atoms with Gasteiger partial charge in [0.25, 0.3) is 5.91 Å². The first kappa shape index (κ1) is 15.0. The number of carbonyl (C=O) groups excluding carboxylic acids is 2. The number of ether oxygens (including phenoxy) is 1. The molecule has 6 heteroatoms. The lowest BCUT2D eigenvalue weighted by molar-refractivity contribution is -0.118. The number of rotatable bonds is 5. The van der Waals surface area contributed by atoms with Crippen molar-refractivity contribution in [3.8, 4) is 5.75 Å². The molecule has 1 amide bonds. The fraction of sp³-hybridized carbons (Fsp3) is 0.0667. The third-order valence-corrected chi connectivity index (χ3v) is 2.85. The Labute approximate surface area is 125 Å². The van der Waals surface area contributed by atoms with Gasteiger partial charge in [-0.15, -0.1) is 0 Å². The molecule has 21 heavy (non-hydrogen) atoms. The van der Waals surface area contributed by atoms with Gasteiger partial charge in [0.05, 0.1) is 11.3 Å². The molecule has 0 atom stereocenters. The Balaban J connectivity index is 1.97. The fourth-order valence-electron chi connectivity index (χ4n) is 1.63. The molecule has 0 aliphatic rings. The summed E-state index contributed by atoms with van der Waals surface area (Å²) in [5.74, 6) is -0.889. The zero-order chi connectivity index (χ0) is 15.2. The highest BCUT2D eigenvalue weighted by atomic mass is 35.5. The normalized spacial score (nSPS) is 10.0. The highest BCUT2D eigenvalue weighted by molar-refractivity contribution is 6.30. The molecule has 2 aromatic carbocycles. The maximum Gasteiger partial charge on any atom is 0.262 e. The van der Waals surface area contributed by atoms with Gasteiger partial charge in [-0.05, 0) is 30.3 Å². The molecule has 0 saturated heterocycles. The lowest BCUT2D eigenvalue weighted by Gasteiger charge is -2.09. The topological polar surface area (TPSA) is 55.4 Å². The zero-order valence-corrected chi connectivity index (χ0v) is 11.6. The van der Waals surface area contributed by atoms with Crippen LogP contribution < -0.4 is 10.1 Å². The largest absolute Gasteiger partial charge is 0.483 e. The van der Waals surface area contributed by atoms with Crippen molar-refractivity contribution in [3.63, 3.8) is 0 Å². The molecule has 0 saturated carbocycles. The van der Waals surface area contributed by atoms with Crippen LogP contribution in [0.2, 0.25) is 5.02 Å². The summed E-state index contributed by atoms with van der Waals surface area (Å²) in [7, 11) is 0. The van der Waals surface area contributed by atoms with Crippen molar-refractivity contribution in [3.05, 3.63) is 58.9 Å². The molecule has 0 spiro atoms. The molecular formula is C15H11ClFNO3. The molecule has 0 unspecified atom stereocenters. The van der Waals surface area contributed by atoms with Crippen LogP contribution in [0.3, 0.4) is 0 Å². The Morgan fingerprint density at radius 2 is 2.05 bits per heavy atom. The van der Waals surface area contributed by atoms with Crippen LogP contribution in [-0.2, 0) is 4.79 Å². The van der Waals surface area contributed by atoms with E-state index >= 15 is 0 Å². The van der Waals surface area contributed by atoms with Crippen LogP contribution in [0.15, 0.2) is 42.5 Å². The zero-order valence-electron chi connectivity index (χ0n) is 10.8. The van der Waals surface area contributed by atoms with Crippen molar-refractivity contribution in [1.82, 2.24) is 0 Å². The van der Waals surface area contributed by atoms with Crippen LogP contribution in [0.4, 0.5) is 10.1 Å². The van der Waals surface area contributed by atoms with E-state index in [1.54, 1.807) is 24.3 Å². The maximum atomic E-state index is 13.5. The van der Waals surface area contributed by atoms with Crippen LogP contribution in [0, 0.1) is 5.82 Å². The molecule has 0 aromatic heterocycles. The summed E-state index contributed by atoms with van der Waals surface area (Å²) in [6.07, 6.45) is 0.631. The lowest BCUT2D eigenvalue weighted by atomic mass is 10.2. The fourth-order valence-corrected chi connectivity index (χ4v) is 1.79. The van der Waals surface area contributed by atoms with Crippen molar-refractivity contribution >= 4 is 29.5 Å². The van der Waals surface area contributed by atoms with Gasteiger partial charge in [-0.1, -0.05) is 23.7 Å². The summed E-state index contributed by atoms with van der Waals surface area (Å²) in [5.41, 5.74) is 0.347. The van der Waals surface area contributed by atoms with E-state index in [-0.39, 0.29) is 17.3 Å². The minimum atomic E-state index is -0.635. The van der Waals surface area contributed by atoms with Crippen molar-refractivity contribution in [1.29, 1.82) is 0 Å². The van der Waals surface area contributed by atoms with Gasteiger partial charge in [-0.25, -0.2) is 4.39 Å². The number of anilines is 1. The predicted octanol–water partition coefficient (Wildman–Crippen LogP) is 3.31. The number of hydrogen-bond acceptors (Lipinski definition) is 3. The highest BCUT2D eigenvalue weighted by Gasteiger charge is 2.09. The molecule has 0 bridgehead atoms. The molecule has 0 aliphatic carbocycles. The minimum absolute atomic E-state index is 0.0108. The van der Waals surface area contributed by atoms with E-state index in [2.05, 4.69) is 5.32 Å². The van der Waals surface area contributed by atoms with E-state index in [4.69, 9.17) is 16.3 Å². The van der Waals surface area contributed by atoms with Gasteiger partial charge in [0.15, 0.2) is 12.9 Å². The number of para-hydroxylation sites is 1. The summed E-state index contributed by atoms with van der Waals surface area (Å²) in [4.78, 5) is 22.5. The second-order valence-electron chi connectivity index (χ2n) is 4.12. The monoisotopic (exact) mass is 307 g/mol. The van der Waals surface area contributed by atoms with Gasteiger partial charge in [0.2, 0.25) is 0 Å². The number of amides is 1. The molecule has 2 rings (SSSR count). The minimum Gasteiger partial charge on any atom is -0.483 e. The first-order valence-electron chi connectivity index (χ1n) is 6.02. The van der Waals surface area contributed by atoms with Gasteiger partial charge < -0.3 is 10.1 Å². The number of carbonyl (C=O) groups is 2. The number of hydrogen-bond donors (Lipinski definition) is 1. The summed E-state index contributed by atoms with van der Waals surface area (Å²) in [5, 5.41) is 2.60. The van der Waals surface area contributed by atoms with Gasteiger partial charge in [0.1, 0.15) is 11.6 Å². The third-order valence-electron chi connectivity index (χ3n) is 2.61. The second kappa shape index (κ2) is 6.85. The first-order chi connectivity index (χ1) is 10.1. The smallest absolute Gasteiger partial charge is 0.262 e. The maximum absolute atomic E-state index is 13.5. The second-order valence-corrected chi connectivity index (χ2v) is 4.55. The molecule has 0 fully saturated rings. The molecular weight excluding hydrogens is 297 g/mol. The molecule has 108 valence electrons. The van der Waals surface area contributed by atoms with E-state index in [0.717, 1.165) is 6.07 Å². The van der Waals surface area contributed by atoms with E-state index in [1.807, 2.05) is 0 Å². The molecule has 0 radical (unpaired) electrons. The Hall–Kier alpha value is -2.40. The SMILES string of the molecule is O=Cc1ccccc1OCC(=O)Nc1ccc(Cl)cc1F. The molecule has 0 heterocycles. The number of halogens is 2. The average Bonchev–Trinajstić information content (AvgIpc) is 2.48. The number of benzene rings is 2. The molecule has 2 aromatic rings. The number of aldehydes is 1. The van der Waals surface area contributed by atoms with Gasteiger partial charge in [0, 0.05) is 5.02 Å². The standard InChI is InChI=1S/C15H11ClFNO3/c16-11-5-6-13(12(17)7-11)18-15(20)9-21-14-4-2-1-3-10(14)8-19/h1-8H,9H2,(H,18,20). The average molecular weight is 308 g/mol. The number of nitrogens with one attached hydrogen (secondary N) is 1. The van der Waals surface area contributed by atoms with Crippen LogP contribution in [0.5, 0.6) is 5.75 Å². The Morgan fingerprint density at radius 3 is 2.76 bits per heavy atom. The molecule has 1 N–H and O–H groups in total. The van der Waals surface area contributed by atoms with Crippen LogP contribution >= 0.6 is 11.6 Å². The Bertz CT molecular complexity index is 676. The van der Waals surface area contributed by atoms with Crippen molar-refractivity contribution in [2.75, 3.05) is 11.9 Å². The summed E-state index contributed by atoms with van der Waals surface area (Å²) in [6.45, 7) is -0.340. The van der Waals surface area contributed by atoms with E-state index in [1.165, 1.54) is 12.1 Å². The highest BCUT2D eigenvalue weighted by Crippen LogP contribution is 2.19. The van der Waals surface area contributed by atoms with Gasteiger partial charge in [-0.2, -0.15) is 0 Å².